The molecule has 3 nitrogen and oxygen atoms in total. The van der Waals surface area contributed by atoms with Gasteiger partial charge >= 0.3 is 0 Å². The van der Waals surface area contributed by atoms with Crippen LogP contribution < -0.4 is 0 Å². The van der Waals surface area contributed by atoms with Gasteiger partial charge in [0.2, 0.25) is 0 Å². The molecule has 0 fully saturated rings. The van der Waals surface area contributed by atoms with E-state index in [2.05, 4.69) is 25.9 Å². The van der Waals surface area contributed by atoms with E-state index in [1.807, 2.05) is 35.8 Å². The molecule has 108 valence electrons. The molecule has 6 heteroatoms. The lowest BCUT2D eigenvalue weighted by Crippen LogP contribution is -2.05. The first-order valence-corrected chi connectivity index (χ1v) is 8.16. The summed E-state index contributed by atoms with van der Waals surface area (Å²) in [5, 5.41) is 0.725. The minimum atomic E-state index is 0.504. The minimum absolute atomic E-state index is 0.504. The van der Waals surface area contributed by atoms with Gasteiger partial charge in [0.15, 0.2) is 5.65 Å². The summed E-state index contributed by atoms with van der Waals surface area (Å²) < 4.78 is 2.94. The van der Waals surface area contributed by atoms with Gasteiger partial charge in [0.05, 0.1) is 5.69 Å². The maximum absolute atomic E-state index is 6.25. The second-order valence-electron chi connectivity index (χ2n) is 4.68. The summed E-state index contributed by atoms with van der Waals surface area (Å²) in [5.74, 6) is 1.39. The average Bonchev–Trinajstić information content (AvgIpc) is 2.79. The third-order valence-corrected chi connectivity index (χ3v) is 4.36. The highest BCUT2D eigenvalue weighted by molar-refractivity contribution is 9.10. The smallest absolute Gasteiger partial charge is 0.164 e. The number of hydrogen-bond acceptors (Lipinski definition) is 2. The summed E-state index contributed by atoms with van der Waals surface area (Å²) >= 11 is 15.6. The third kappa shape index (κ3) is 2.68. The van der Waals surface area contributed by atoms with Crippen LogP contribution in [0.1, 0.15) is 11.4 Å². The number of alkyl halides is 1. The third-order valence-electron chi connectivity index (χ3n) is 3.33. The van der Waals surface area contributed by atoms with Gasteiger partial charge in [0.25, 0.3) is 0 Å². The molecule has 0 amide bonds. The average molecular weight is 385 g/mol. The zero-order valence-electron chi connectivity index (χ0n) is 11.3. The van der Waals surface area contributed by atoms with Crippen LogP contribution in [-0.4, -0.2) is 20.4 Å². The molecule has 0 atom stereocenters. The number of fused-ring (bicyclic) bond motifs is 1. The maximum Gasteiger partial charge on any atom is 0.164 e. The zero-order valence-corrected chi connectivity index (χ0v) is 14.4. The summed E-state index contributed by atoms with van der Waals surface area (Å²) in [6, 6.07) is 7.78. The summed E-state index contributed by atoms with van der Waals surface area (Å²) in [6.07, 6.45) is 2.44. The molecular formula is C15H12BrCl2N3. The van der Waals surface area contributed by atoms with Crippen LogP contribution in [0.5, 0.6) is 0 Å². The molecule has 0 radical (unpaired) electrons. The number of pyridine rings is 1. The Morgan fingerprint density at radius 3 is 2.90 bits per heavy atom. The Morgan fingerprint density at radius 1 is 1.33 bits per heavy atom. The van der Waals surface area contributed by atoms with Crippen LogP contribution in [0.15, 0.2) is 34.9 Å². The molecule has 0 saturated carbocycles. The van der Waals surface area contributed by atoms with Gasteiger partial charge in [-0.25, -0.2) is 9.97 Å². The molecule has 3 aromatic rings. The molecule has 0 aliphatic carbocycles. The van der Waals surface area contributed by atoms with Crippen LogP contribution >= 0.6 is 39.1 Å². The standard InChI is InChI=1S/C15H12BrCl2N3/c1-9-11(18)3-2-4-13(9)21-14(5-6-17)20-12-7-10(16)8-19-15(12)21/h2-4,7-8H,5-6H2,1H3. The van der Waals surface area contributed by atoms with Crippen LogP contribution in [0.4, 0.5) is 0 Å². The summed E-state index contributed by atoms with van der Waals surface area (Å²) in [5.41, 5.74) is 3.63. The van der Waals surface area contributed by atoms with Crippen molar-refractivity contribution in [2.75, 3.05) is 5.88 Å². The Morgan fingerprint density at radius 2 is 2.14 bits per heavy atom. The SMILES string of the molecule is Cc1c(Cl)cccc1-n1c(CCCl)nc2cc(Br)cnc21. The van der Waals surface area contributed by atoms with Gasteiger partial charge in [0, 0.05) is 28.0 Å². The van der Waals surface area contributed by atoms with Crippen LogP contribution in [-0.2, 0) is 6.42 Å². The van der Waals surface area contributed by atoms with Crippen molar-refractivity contribution in [2.24, 2.45) is 0 Å². The van der Waals surface area contributed by atoms with Crippen molar-refractivity contribution in [1.82, 2.24) is 14.5 Å². The number of benzene rings is 1. The van der Waals surface area contributed by atoms with E-state index in [0.717, 1.165) is 37.7 Å². The largest absolute Gasteiger partial charge is 0.280 e. The van der Waals surface area contributed by atoms with Crippen molar-refractivity contribution in [2.45, 2.75) is 13.3 Å². The number of aromatic nitrogens is 3. The van der Waals surface area contributed by atoms with Gasteiger partial charge in [-0.2, -0.15) is 0 Å². The van der Waals surface area contributed by atoms with Crippen molar-refractivity contribution in [3.05, 3.63) is 51.3 Å². The van der Waals surface area contributed by atoms with E-state index in [4.69, 9.17) is 23.2 Å². The fourth-order valence-corrected chi connectivity index (χ4v) is 2.99. The Labute approximate surface area is 141 Å². The molecule has 0 N–H and O–H groups in total. The summed E-state index contributed by atoms with van der Waals surface area (Å²) in [4.78, 5) is 9.15. The number of hydrogen-bond donors (Lipinski definition) is 0. The fraction of sp³-hybridized carbons (Fsp3) is 0.200. The number of rotatable bonds is 3. The van der Waals surface area contributed by atoms with Gasteiger partial charge in [-0.3, -0.25) is 4.57 Å². The normalized spacial score (nSPS) is 11.2. The molecule has 0 aliphatic rings. The van der Waals surface area contributed by atoms with Crippen LogP contribution in [0.3, 0.4) is 0 Å². The number of nitrogens with zero attached hydrogens (tertiary/aromatic N) is 3. The zero-order chi connectivity index (χ0) is 15.0. The predicted octanol–water partition coefficient (Wildman–Crippen LogP) is 4.93. The monoisotopic (exact) mass is 383 g/mol. The van der Waals surface area contributed by atoms with Gasteiger partial charge in [0.1, 0.15) is 11.3 Å². The van der Waals surface area contributed by atoms with Crippen LogP contribution in [0, 0.1) is 6.92 Å². The van der Waals surface area contributed by atoms with Crippen LogP contribution in [0.25, 0.3) is 16.9 Å². The molecule has 0 spiro atoms. The number of aryl methyl sites for hydroxylation is 1. The van der Waals surface area contributed by atoms with Crippen molar-refractivity contribution in [3.8, 4) is 5.69 Å². The first kappa shape index (κ1) is 14.8. The Hall–Kier alpha value is -1.10. The lowest BCUT2D eigenvalue weighted by Gasteiger charge is -2.12. The van der Waals surface area contributed by atoms with Gasteiger partial charge in [-0.1, -0.05) is 17.7 Å². The van der Waals surface area contributed by atoms with E-state index in [9.17, 15) is 0 Å². The molecule has 3 rings (SSSR count). The maximum atomic E-state index is 6.25. The fourth-order valence-electron chi connectivity index (χ4n) is 2.33. The number of imidazole rings is 1. The van der Waals surface area contributed by atoms with Gasteiger partial charge in [-0.05, 0) is 46.6 Å². The lowest BCUT2D eigenvalue weighted by atomic mass is 10.2. The Bertz CT molecular complexity index is 814. The second-order valence-corrected chi connectivity index (χ2v) is 6.38. The molecule has 1 aromatic carbocycles. The topological polar surface area (TPSA) is 30.7 Å². The lowest BCUT2D eigenvalue weighted by molar-refractivity contribution is 0.900. The van der Waals surface area contributed by atoms with Crippen molar-refractivity contribution < 1.29 is 0 Å². The quantitative estimate of drug-likeness (QED) is 0.599. The molecule has 21 heavy (non-hydrogen) atoms. The van der Waals surface area contributed by atoms with Crippen molar-refractivity contribution in [1.29, 1.82) is 0 Å². The highest BCUT2D eigenvalue weighted by Crippen LogP contribution is 2.28. The van der Waals surface area contributed by atoms with Gasteiger partial charge < -0.3 is 0 Å². The number of halogens is 3. The van der Waals surface area contributed by atoms with E-state index in [0.29, 0.717) is 12.3 Å². The Balaban J connectivity index is 2.33. The van der Waals surface area contributed by atoms with E-state index < -0.39 is 0 Å². The molecule has 2 heterocycles. The first-order valence-electron chi connectivity index (χ1n) is 6.46. The molecule has 0 bridgehead atoms. The summed E-state index contributed by atoms with van der Waals surface area (Å²) in [6.45, 7) is 1.99. The van der Waals surface area contributed by atoms with Crippen molar-refractivity contribution in [3.63, 3.8) is 0 Å². The molecule has 0 aliphatic heterocycles. The van der Waals surface area contributed by atoms with E-state index in [-0.39, 0.29) is 0 Å². The van der Waals surface area contributed by atoms with Crippen molar-refractivity contribution >= 4 is 50.3 Å². The predicted molar refractivity (Wildman–Crippen MR) is 90.7 cm³/mol. The Kier molecular flexibility index (Phi) is 4.20. The molecule has 2 aromatic heterocycles. The van der Waals surface area contributed by atoms with E-state index in [1.165, 1.54) is 0 Å². The highest BCUT2D eigenvalue weighted by atomic mass is 79.9. The molecule has 0 unspecified atom stereocenters. The van der Waals surface area contributed by atoms with E-state index in [1.54, 1.807) is 6.20 Å². The molecular weight excluding hydrogens is 373 g/mol. The highest BCUT2D eigenvalue weighted by Gasteiger charge is 2.16. The van der Waals surface area contributed by atoms with E-state index >= 15 is 0 Å². The van der Waals surface area contributed by atoms with Crippen LogP contribution in [0.2, 0.25) is 5.02 Å². The summed E-state index contributed by atoms with van der Waals surface area (Å²) in [7, 11) is 0. The second kappa shape index (κ2) is 5.95. The molecule has 0 saturated heterocycles. The van der Waals surface area contributed by atoms with Gasteiger partial charge in [-0.15, -0.1) is 11.6 Å². The minimum Gasteiger partial charge on any atom is -0.280 e. The first-order chi connectivity index (χ1) is 10.1.